The van der Waals surface area contributed by atoms with Crippen molar-refractivity contribution >= 4 is 50.7 Å². The molecule has 0 amide bonds. The number of aryl methyl sites for hydroxylation is 4. The number of rotatable bonds is 6. The molecule has 0 aliphatic carbocycles. The summed E-state index contributed by atoms with van der Waals surface area (Å²) in [6.07, 6.45) is 3.88. The number of carbonyl (C=O) groups is 2. The number of carboxylic acid groups (broad SMARTS) is 2. The Labute approximate surface area is 274 Å². The normalized spacial score (nSPS) is 12.5. The third-order valence-corrected chi connectivity index (χ3v) is 7.56. The molecule has 2 aliphatic rings. The van der Waals surface area contributed by atoms with Crippen molar-refractivity contribution in [2.75, 3.05) is 0 Å². The summed E-state index contributed by atoms with van der Waals surface area (Å²) in [4.78, 5) is 42.3. The van der Waals surface area contributed by atoms with Gasteiger partial charge in [-0.3, -0.25) is 9.59 Å². The summed E-state index contributed by atoms with van der Waals surface area (Å²) < 4.78 is 0. The summed E-state index contributed by atoms with van der Waals surface area (Å²) in [7, 11) is 0. The molecule has 3 aromatic heterocycles. The van der Waals surface area contributed by atoms with E-state index in [0.717, 1.165) is 61.4 Å². The fourth-order valence-corrected chi connectivity index (χ4v) is 5.06. The predicted octanol–water partition coefficient (Wildman–Crippen LogP) is 5.56. The molecule has 211 valence electrons. The molecule has 10 heteroatoms. The summed E-state index contributed by atoms with van der Waals surface area (Å²) in [5.41, 5.74) is 12.2. The summed E-state index contributed by atoms with van der Waals surface area (Å²) in [6, 6.07) is 7.62. The zero-order valence-corrected chi connectivity index (χ0v) is 27.5. The van der Waals surface area contributed by atoms with Crippen molar-refractivity contribution in [2.24, 2.45) is 0 Å². The van der Waals surface area contributed by atoms with E-state index in [1.54, 1.807) is 0 Å². The molecule has 41 heavy (non-hydrogen) atoms. The molecule has 1 radical (unpaired) electrons. The zero-order valence-electron chi connectivity index (χ0n) is 23.6. The van der Waals surface area contributed by atoms with E-state index in [-0.39, 0.29) is 62.6 Å². The molecule has 0 fully saturated rings. The Morgan fingerprint density at radius 2 is 1.27 bits per heavy atom. The van der Waals surface area contributed by atoms with Crippen molar-refractivity contribution in [1.82, 2.24) is 19.9 Å². The van der Waals surface area contributed by atoms with Crippen molar-refractivity contribution in [3.05, 3.63) is 75.4 Å². The molecule has 0 saturated heterocycles. The predicted molar refractivity (Wildman–Crippen MR) is 150 cm³/mol. The van der Waals surface area contributed by atoms with Crippen LogP contribution in [0.2, 0.25) is 0 Å². The number of aromatic nitrogens is 4. The number of nitrogens with zero attached hydrogens (tertiary/aromatic N) is 4. The van der Waals surface area contributed by atoms with Crippen LogP contribution < -0.4 is 9.97 Å². The van der Waals surface area contributed by atoms with E-state index in [4.69, 9.17) is 19.9 Å². The van der Waals surface area contributed by atoms with Gasteiger partial charge in [-0.05, 0) is 57.4 Å². The van der Waals surface area contributed by atoms with Crippen LogP contribution in [0, 0.1) is 26.8 Å². The van der Waals surface area contributed by atoms with Gasteiger partial charge in [0.05, 0.1) is 11.4 Å². The van der Waals surface area contributed by atoms with Crippen LogP contribution >= 0.6 is 0 Å². The van der Waals surface area contributed by atoms with Crippen LogP contribution in [0.25, 0.3) is 38.8 Å². The molecular weight excluding hydrogens is 637 g/mol. The van der Waals surface area contributed by atoms with E-state index < -0.39 is 11.9 Å². The first kappa shape index (κ1) is 32.7. The maximum absolute atomic E-state index is 11.4. The Morgan fingerprint density at radius 1 is 0.732 bits per heavy atom. The molecule has 2 aliphatic heterocycles. The largest absolute Gasteiger partial charge is 0.668 e. The van der Waals surface area contributed by atoms with Crippen molar-refractivity contribution in [2.45, 2.75) is 60.3 Å². The van der Waals surface area contributed by atoms with Gasteiger partial charge in [-0.2, -0.15) is 11.6 Å². The molecule has 8 nitrogen and oxygen atoms in total. The van der Waals surface area contributed by atoms with Gasteiger partial charge in [0.15, 0.2) is 0 Å². The van der Waals surface area contributed by atoms with Crippen LogP contribution in [0.3, 0.4) is 0 Å². The second-order valence-corrected chi connectivity index (χ2v) is 10.1. The summed E-state index contributed by atoms with van der Waals surface area (Å²) in [6.45, 7) is 9.90. The minimum atomic E-state index is -0.888. The minimum Gasteiger partial charge on any atom is -0.668 e. The van der Waals surface area contributed by atoms with Crippen molar-refractivity contribution in [3.63, 3.8) is 0 Å². The van der Waals surface area contributed by atoms with E-state index in [0.29, 0.717) is 35.3 Å². The first-order valence-electron chi connectivity index (χ1n) is 12.9. The van der Waals surface area contributed by atoms with Crippen LogP contribution in [0.15, 0.2) is 24.3 Å². The number of allylic oxidation sites excluding steroid dienone is 3. The molecule has 0 aromatic carbocycles. The smallest absolute Gasteiger partial charge is 0.303 e. The number of fused-ring (bicyclic) bond motifs is 8. The summed E-state index contributed by atoms with van der Waals surface area (Å²) in [5, 5.41) is 18.7. The van der Waals surface area contributed by atoms with Gasteiger partial charge in [-0.25, -0.2) is 4.98 Å². The molecule has 0 spiro atoms. The molecule has 5 heterocycles. The van der Waals surface area contributed by atoms with Crippen LogP contribution in [-0.2, 0) is 65.8 Å². The van der Waals surface area contributed by atoms with Gasteiger partial charge in [-0.15, -0.1) is 34.3 Å². The van der Waals surface area contributed by atoms with Gasteiger partial charge in [0, 0.05) is 62.6 Å². The van der Waals surface area contributed by atoms with Crippen LogP contribution in [0.1, 0.15) is 78.1 Å². The molecule has 0 saturated carbocycles. The summed E-state index contributed by atoms with van der Waals surface area (Å²) in [5.74, 6) is -1.77. The van der Waals surface area contributed by atoms with Gasteiger partial charge in [0.2, 0.25) is 0 Å². The Hall–Kier alpha value is -2.84. The van der Waals surface area contributed by atoms with Crippen molar-refractivity contribution in [1.29, 1.82) is 0 Å². The van der Waals surface area contributed by atoms with Gasteiger partial charge in [0.25, 0.3) is 0 Å². The number of hydrogen-bond donors (Lipinski definition) is 2. The molecule has 8 bridgehead atoms. The van der Waals surface area contributed by atoms with Gasteiger partial charge in [-0.1, -0.05) is 47.0 Å². The third kappa shape index (κ3) is 6.64. The van der Waals surface area contributed by atoms with Crippen LogP contribution in [0.4, 0.5) is 0 Å². The maximum atomic E-state index is 11.4. The fourth-order valence-electron chi connectivity index (χ4n) is 5.06. The van der Waals surface area contributed by atoms with Gasteiger partial charge in [0.1, 0.15) is 0 Å². The molecule has 0 atom stereocenters. The third-order valence-electron chi connectivity index (χ3n) is 7.56. The van der Waals surface area contributed by atoms with Gasteiger partial charge >= 0.3 is 11.9 Å². The van der Waals surface area contributed by atoms with E-state index in [2.05, 4.69) is 6.08 Å². The monoisotopic (exact) mass is 666 g/mol. The molecule has 2 N–H and O–H groups in total. The zero-order chi connectivity index (χ0) is 28.0. The standard InChI is InChI=1S/C31H31N4O4.Fe.Y/c1-15-10-20-11-24-18(4)21(6-8-30(36)37)28(34-24)14-29-22(7-9-31(38)39)19(5)27(35-29)13-26-17(3)16(2)25(33-26)12-23(15)32-20;;/h11-14H,6-9H2,1-5H3,(H4,32,33,34,35,36,37,38,39);;/q-1;;/p-2. The van der Waals surface area contributed by atoms with Crippen LogP contribution in [-0.4, -0.2) is 32.1 Å². The van der Waals surface area contributed by atoms with Crippen molar-refractivity contribution in [3.8, 4) is 0 Å². The average Bonchev–Trinajstić information content (AvgIpc) is 3.53. The van der Waals surface area contributed by atoms with Gasteiger partial charge < -0.3 is 25.2 Å². The fraction of sp³-hybridized carbons (Fsp3) is 0.290. The van der Waals surface area contributed by atoms with Crippen molar-refractivity contribution < 1.29 is 69.6 Å². The quantitative estimate of drug-likeness (QED) is 0.259. The first-order chi connectivity index (χ1) is 18.5. The topological polar surface area (TPSA) is 129 Å². The number of aliphatic carboxylic acids is 2. The molecular formula is C31H29FeN4O4Y-3. The minimum absolute atomic E-state index is 0. The second-order valence-electron chi connectivity index (χ2n) is 10.1. The maximum Gasteiger partial charge on any atom is 0.303 e. The Kier molecular flexibility index (Phi) is 10.4. The van der Waals surface area contributed by atoms with E-state index in [1.807, 2.05) is 58.9 Å². The SMILES string of the molecule is CC1=[C-]c2cc3[n-]c(cc4nc(cc5[n-]c(cc1n2)c(C)c5C)C(C)=C4CCC(=O)O)c(CCC(=O)O)c3C.[Fe].[Y]. The average molecular weight is 666 g/mol. The number of hydrogen-bond acceptors (Lipinski definition) is 4. The van der Waals surface area contributed by atoms with E-state index >= 15 is 0 Å². The first-order valence-corrected chi connectivity index (χ1v) is 12.9. The van der Waals surface area contributed by atoms with E-state index in [9.17, 15) is 19.8 Å². The Balaban J connectivity index is 0.00000231. The summed E-state index contributed by atoms with van der Waals surface area (Å²) >= 11 is 0. The Morgan fingerprint density at radius 3 is 1.90 bits per heavy atom. The molecule has 3 aromatic rings. The molecule has 5 rings (SSSR count). The molecule has 0 unspecified atom stereocenters. The van der Waals surface area contributed by atoms with Crippen LogP contribution in [0.5, 0.6) is 0 Å². The van der Waals surface area contributed by atoms with E-state index in [1.165, 1.54) is 0 Å². The Bertz CT molecular complexity index is 1780. The number of carboxylic acids is 2. The second kappa shape index (κ2) is 13.0.